The normalized spacial score (nSPS) is 12.1. The summed E-state index contributed by atoms with van der Waals surface area (Å²) >= 11 is 0. The van der Waals surface area contributed by atoms with Crippen LogP contribution in [0, 0.1) is 0 Å². The molecular formula is C44H28N8. The van der Waals surface area contributed by atoms with Gasteiger partial charge in [0.2, 0.25) is 0 Å². The Morgan fingerprint density at radius 3 is 1.02 bits per heavy atom. The summed E-state index contributed by atoms with van der Waals surface area (Å²) in [5, 5.41) is 0. The van der Waals surface area contributed by atoms with Crippen molar-refractivity contribution in [2.45, 2.75) is 0 Å². The van der Waals surface area contributed by atoms with Gasteiger partial charge >= 0.3 is 0 Å². The van der Waals surface area contributed by atoms with Crippen LogP contribution in [-0.2, 0) is 0 Å². The van der Waals surface area contributed by atoms with Gasteiger partial charge in [-0.25, -0.2) is 20.0 Å². The summed E-state index contributed by atoms with van der Waals surface area (Å²) in [5.74, 6) is 0. The molecule has 0 spiro atoms. The van der Waals surface area contributed by atoms with Crippen molar-refractivity contribution in [2.24, 2.45) is 9.98 Å². The highest BCUT2D eigenvalue weighted by atomic mass is 14.9. The van der Waals surface area contributed by atoms with E-state index in [4.69, 9.17) is 29.9 Å². The van der Waals surface area contributed by atoms with Gasteiger partial charge in [0.15, 0.2) is 0 Å². The molecule has 9 rings (SSSR count). The molecule has 1 aliphatic rings. The van der Waals surface area contributed by atoms with Crippen molar-refractivity contribution in [1.29, 1.82) is 0 Å². The molecule has 0 fully saturated rings. The number of rotatable bonds is 6. The fourth-order valence-electron chi connectivity index (χ4n) is 6.24. The first kappa shape index (κ1) is 30.7. The lowest BCUT2D eigenvalue weighted by molar-refractivity contribution is 1.22. The summed E-state index contributed by atoms with van der Waals surface area (Å²) in [6.45, 7) is 0. The molecule has 6 aromatic heterocycles. The third kappa shape index (κ3) is 6.05. The molecule has 1 aliphatic heterocycles. The zero-order valence-electron chi connectivity index (χ0n) is 27.7. The van der Waals surface area contributed by atoms with E-state index < -0.39 is 0 Å². The molecule has 0 aliphatic carbocycles. The lowest BCUT2D eigenvalue weighted by Crippen LogP contribution is -2.12. The molecule has 244 valence electrons. The van der Waals surface area contributed by atoms with Crippen LogP contribution >= 0.6 is 0 Å². The van der Waals surface area contributed by atoms with Gasteiger partial charge in [-0.1, -0.05) is 60.7 Å². The van der Waals surface area contributed by atoms with E-state index in [0.29, 0.717) is 34.2 Å². The van der Waals surface area contributed by atoms with Gasteiger partial charge in [-0.2, -0.15) is 0 Å². The van der Waals surface area contributed by atoms with Crippen LogP contribution in [0.3, 0.4) is 0 Å². The Hall–Kier alpha value is -7.32. The van der Waals surface area contributed by atoms with Crippen LogP contribution in [-0.4, -0.2) is 41.3 Å². The zero-order chi connectivity index (χ0) is 34.7. The standard InChI is InChI=1S/C44H28N8/c1-5-35(49-37(7-1)31-19-25-45-26-20-31)29-11-15-33(16-12-29)41-43-39(9-3-23-47-43)52-42(44-40(51-41)10-4-24-48-44)34-17-13-30(14-18-34)36-6-2-8-38(50-36)32-21-27-46-28-22-32/h1-28H. The second-order valence-corrected chi connectivity index (χ2v) is 12.1. The molecule has 0 unspecified atom stereocenters. The monoisotopic (exact) mass is 668 g/mol. The first-order valence-corrected chi connectivity index (χ1v) is 16.8. The van der Waals surface area contributed by atoms with Gasteiger partial charge in [0.05, 0.1) is 45.6 Å². The van der Waals surface area contributed by atoms with E-state index in [0.717, 1.165) is 56.2 Å². The van der Waals surface area contributed by atoms with Crippen LogP contribution < -0.4 is 0 Å². The van der Waals surface area contributed by atoms with Gasteiger partial charge < -0.3 is 0 Å². The van der Waals surface area contributed by atoms with Gasteiger partial charge in [-0.15, -0.1) is 0 Å². The molecule has 8 heteroatoms. The van der Waals surface area contributed by atoms with Crippen molar-refractivity contribution in [3.05, 3.63) is 193 Å². The number of benzene rings is 2. The maximum Gasteiger partial charge on any atom is 0.115 e. The summed E-state index contributed by atoms with van der Waals surface area (Å²) in [5.41, 5.74) is 13.6. The quantitative estimate of drug-likeness (QED) is 0.175. The third-order valence-electron chi connectivity index (χ3n) is 8.84. The number of nitrogens with zero attached hydrogens (tertiary/aromatic N) is 8. The average Bonchev–Trinajstić information content (AvgIpc) is 3.22. The van der Waals surface area contributed by atoms with Crippen LogP contribution in [0.4, 0.5) is 11.4 Å². The molecule has 0 saturated heterocycles. The van der Waals surface area contributed by atoms with E-state index in [2.05, 4.69) is 58.5 Å². The highest BCUT2D eigenvalue weighted by Crippen LogP contribution is 2.33. The predicted octanol–water partition coefficient (Wildman–Crippen LogP) is 9.38. The Kier molecular flexibility index (Phi) is 7.99. The largest absolute Gasteiger partial charge is 0.265 e. The predicted molar refractivity (Wildman–Crippen MR) is 205 cm³/mol. The number of hydrogen-bond acceptors (Lipinski definition) is 8. The van der Waals surface area contributed by atoms with Crippen LogP contribution in [0.15, 0.2) is 181 Å². The topological polar surface area (TPSA) is 102 Å². The molecule has 0 saturated carbocycles. The summed E-state index contributed by atoms with van der Waals surface area (Å²) in [6, 6.07) is 44.2. The molecule has 0 radical (unpaired) electrons. The smallest absolute Gasteiger partial charge is 0.115 e. The van der Waals surface area contributed by atoms with E-state index >= 15 is 0 Å². The fraction of sp³-hybridized carbons (Fsp3) is 0. The molecule has 8 aromatic rings. The maximum absolute atomic E-state index is 5.22. The van der Waals surface area contributed by atoms with Crippen molar-refractivity contribution in [2.75, 3.05) is 0 Å². The second-order valence-electron chi connectivity index (χ2n) is 12.1. The Balaban J connectivity index is 1.07. The second kappa shape index (κ2) is 13.5. The Labute approximate surface area is 300 Å². The molecule has 0 atom stereocenters. The Bertz CT molecular complexity index is 2420. The lowest BCUT2D eigenvalue weighted by atomic mass is 9.99. The van der Waals surface area contributed by atoms with Crippen LogP contribution in [0.25, 0.3) is 45.0 Å². The van der Waals surface area contributed by atoms with Gasteiger partial charge in [-0.05, 0) is 72.8 Å². The molecule has 7 heterocycles. The van der Waals surface area contributed by atoms with E-state index in [1.54, 1.807) is 37.2 Å². The summed E-state index contributed by atoms with van der Waals surface area (Å²) < 4.78 is 0. The van der Waals surface area contributed by atoms with Crippen molar-refractivity contribution >= 4 is 22.8 Å². The number of fused-ring (bicyclic) bond motifs is 2. The molecule has 8 nitrogen and oxygen atoms in total. The zero-order valence-corrected chi connectivity index (χ0v) is 27.7. The third-order valence-corrected chi connectivity index (χ3v) is 8.84. The van der Waals surface area contributed by atoms with E-state index in [1.165, 1.54) is 0 Å². The summed E-state index contributed by atoms with van der Waals surface area (Å²) in [4.78, 5) is 38.2. The lowest BCUT2D eigenvalue weighted by Gasteiger charge is -2.17. The van der Waals surface area contributed by atoms with Crippen LogP contribution in [0.5, 0.6) is 0 Å². The minimum atomic E-state index is 0.689. The van der Waals surface area contributed by atoms with Crippen molar-refractivity contribution in [3.63, 3.8) is 0 Å². The molecular weight excluding hydrogens is 641 g/mol. The first-order chi connectivity index (χ1) is 25.8. The Morgan fingerprint density at radius 2 is 0.635 bits per heavy atom. The van der Waals surface area contributed by atoms with Crippen LogP contribution in [0.1, 0.15) is 22.5 Å². The molecule has 0 amide bonds. The number of pyridine rings is 6. The maximum atomic E-state index is 5.22. The van der Waals surface area contributed by atoms with E-state index in [9.17, 15) is 0 Å². The average molecular weight is 669 g/mol. The number of aliphatic imine (C=N–C) groups is 2. The van der Waals surface area contributed by atoms with E-state index in [-0.39, 0.29) is 0 Å². The van der Waals surface area contributed by atoms with Crippen LogP contribution in [0.2, 0.25) is 0 Å². The highest BCUT2D eigenvalue weighted by Gasteiger charge is 2.22. The molecule has 2 aromatic carbocycles. The SMILES string of the molecule is c1cc(-c2ccncc2)nc(-c2ccc(C3=Nc4cccnc4C(c4ccc(-c5cccc(-c6ccncc6)n5)cc4)=Nc4cccnc43)cc2)c1. The minimum Gasteiger partial charge on any atom is -0.265 e. The van der Waals surface area contributed by atoms with Crippen molar-refractivity contribution in [3.8, 4) is 45.0 Å². The Morgan fingerprint density at radius 1 is 0.288 bits per heavy atom. The van der Waals surface area contributed by atoms with E-state index in [1.807, 2.05) is 84.9 Å². The molecule has 0 N–H and O–H groups in total. The minimum absolute atomic E-state index is 0.689. The van der Waals surface area contributed by atoms with Gasteiger partial charge in [0.1, 0.15) is 11.4 Å². The highest BCUT2D eigenvalue weighted by molar-refractivity contribution is 6.21. The van der Waals surface area contributed by atoms with Gasteiger partial charge in [0, 0.05) is 70.6 Å². The number of aromatic nitrogens is 6. The van der Waals surface area contributed by atoms with Crippen molar-refractivity contribution in [1.82, 2.24) is 29.9 Å². The molecule has 52 heavy (non-hydrogen) atoms. The first-order valence-electron chi connectivity index (χ1n) is 16.8. The van der Waals surface area contributed by atoms with Gasteiger partial charge in [0.25, 0.3) is 0 Å². The summed E-state index contributed by atoms with van der Waals surface area (Å²) in [7, 11) is 0. The van der Waals surface area contributed by atoms with Crippen molar-refractivity contribution < 1.29 is 0 Å². The molecule has 0 bridgehead atoms. The summed E-state index contributed by atoms with van der Waals surface area (Å²) in [6.07, 6.45) is 10.7. The fourth-order valence-corrected chi connectivity index (χ4v) is 6.24. The van der Waals surface area contributed by atoms with Gasteiger partial charge in [-0.3, -0.25) is 19.9 Å². The number of hydrogen-bond donors (Lipinski definition) is 0.